The van der Waals surface area contributed by atoms with Crippen LogP contribution >= 0.6 is 0 Å². The monoisotopic (exact) mass is 298 g/mol. The summed E-state index contributed by atoms with van der Waals surface area (Å²) in [6, 6.07) is 0.563. The van der Waals surface area contributed by atoms with E-state index < -0.39 is 5.54 Å². The molecule has 0 aromatic rings. The molecule has 0 bridgehead atoms. The molecule has 21 heavy (non-hydrogen) atoms. The Morgan fingerprint density at radius 1 is 1.43 bits per heavy atom. The molecule has 0 saturated heterocycles. The third kappa shape index (κ3) is 4.43. The normalized spacial score (nSPS) is 25.8. The fraction of sp³-hybridized carbons (Fsp3) is 0.941. The van der Waals surface area contributed by atoms with Crippen LogP contribution in [0.25, 0.3) is 0 Å². The number of rotatable bonds is 9. The van der Waals surface area contributed by atoms with Crippen molar-refractivity contribution in [3.63, 3.8) is 0 Å². The summed E-state index contributed by atoms with van der Waals surface area (Å²) in [5, 5.41) is 3.52. The Kier molecular flexibility index (Phi) is 7.67. The Morgan fingerprint density at radius 3 is 2.67 bits per heavy atom. The quantitative estimate of drug-likeness (QED) is 0.665. The first-order valence-electron chi connectivity index (χ1n) is 8.59. The smallest absolute Gasteiger partial charge is 0.326 e. The number of hydrogen-bond acceptors (Lipinski definition) is 4. The molecule has 0 aliphatic heterocycles. The van der Waals surface area contributed by atoms with E-state index in [1.807, 2.05) is 0 Å². The number of carbonyl (C=O) groups is 1. The van der Waals surface area contributed by atoms with Gasteiger partial charge in [0.2, 0.25) is 0 Å². The van der Waals surface area contributed by atoms with Crippen LogP contribution in [0.1, 0.15) is 59.8 Å². The van der Waals surface area contributed by atoms with Crippen LogP contribution in [-0.4, -0.2) is 49.2 Å². The lowest BCUT2D eigenvalue weighted by Crippen LogP contribution is -2.56. The average Bonchev–Trinajstić information content (AvgIpc) is 2.88. The molecule has 0 radical (unpaired) electrons. The molecule has 0 heterocycles. The molecule has 1 aliphatic rings. The molecule has 2 unspecified atom stereocenters. The third-order valence-electron chi connectivity index (χ3n) is 4.96. The molecular formula is C17H34N2O2. The van der Waals surface area contributed by atoms with Crippen LogP contribution in [0, 0.1) is 5.92 Å². The van der Waals surface area contributed by atoms with Gasteiger partial charge in [-0.25, -0.2) is 0 Å². The second kappa shape index (κ2) is 8.74. The lowest BCUT2D eigenvalue weighted by Gasteiger charge is -2.35. The number of nitrogens with one attached hydrogen (secondary N) is 1. The van der Waals surface area contributed by atoms with Crippen LogP contribution in [-0.2, 0) is 9.53 Å². The number of hydrogen-bond donors (Lipinski definition) is 1. The Labute approximate surface area is 130 Å². The van der Waals surface area contributed by atoms with E-state index in [1.54, 1.807) is 0 Å². The number of nitrogens with zero attached hydrogens (tertiary/aromatic N) is 1. The van der Waals surface area contributed by atoms with Gasteiger partial charge >= 0.3 is 5.97 Å². The van der Waals surface area contributed by atoms with Crippen molar-refractivity contribution < 1.29 is 9.53 Å². The number of ether oxygens (including phenoxy) is 1. The zero-order valence-corrected chi connectivity index (χ0v) is 14.6. The largest absolute Gasteiger partial charge is 0.468 e. The third-order valence-corrected chi connectivity index (χ3v) is 4.96. The molecule has 4 heteroatoms. The fourth-order valence-corrected chi connectivity index (χ4v) is 3.68. The van der Waals surface area contributed by atoms with Crippen LogP contribution in [0.5, 0.6) is 0 Å². The zero-order chi connectivity index (χ0) is 15.9. The van der Waals surface area contributed by atoms with Crippen LogP contribution < -0.4 is 5.32 Å². The SMILES string of the molecule is CCCNC1(C(=O)OC)CCCC1CCN(CC)C(C)C. The van der Waals surface area contributed by atoms with E-state index >= 15 is 0 Å². The molecule has 4 nitrogen and oxygen atoms in total. The minimum Gasteiger partial charge on any atom is -0.468 e. The standard InChI is InChI=1S/C17H34N2O2/c1-6-12-18-17(16(20)21-5)11-8-9-15(17)10-13-19(7-2)14(3)4/h14-15,18H,6-13H2,1-5H3. The van der Waals surface area contributed by atoms with Crippen molar-refractivity contribution in [2.75, 3.05) is 26.7 Å². The van der Waals surface area contributed by atoms with Gasteiger partial charge in [0.25, 0.3) is 0 Å². The maximum absolute atomic E-state index is 12.4. The minimum atomic E-state index is -0.443. The molecule has 0 aromatic heterocycles. The van der Waals surface area contributed by atoms with Crippen LogP contribution in [0.3, 0.4) is 0 Å². The number of esters is 1. The van der Waals surface area contributed by atoms with Gasteiger partial charge in [0.1, 0.15) is 5.54 Å². The summed E-state index contributed by atoms with van der Waals surface area (Å²) in [7, 11) is 1.51. The summed E-state index contributed by atoms with van der Waals surface area (Å²) < 4.78 is 5.13. The second-order valence-corrected chi connectivity index (χ2v) is 6.49. The summed E-state index contributed by atoms with van der Waals surface area (Å²) in [6.07, 6.45) is 5.26. The first kappa shape index (κ1) is 18.4. The molecule has 1 aliphatic carbocycles. The van der Waals surface area contributed by atoms with Gasteiger partial charge in [0.15, 0.2) is 0 Å². The maximum Gasteiger partial charge on any atom is 0.326 e. The Hall–Kier alpha value is -0.610. The van der Waals surface area contributed by atoms with E-state index in [1.165, 1.54) is 7.11 Å². The summed E-state index contributed by atoms with van der Waals surface area (Å²) in [4.78, 5) is 14.9. The van der Waals surface area contributed by atoms with Gasteiger partial charge in [-0.3, -0.25) is 4.79 Å². The van der Waals surface area contributed by atoms with Crippen molar-refractivity contribution in [3.8, 4) is 0 Å². The molecule has 0 aromatic carbocycles. The van der Waals surface area contributed by atoms with E-state index in [0.717, 1.165) is 51.7 Å². The van der Waals surface area contributed by atoms with Crippen molar-refractivity contribution in [2.24, 2.45) is 5.92 Å². The summed E-state index contributed by atoms with van der Waals surface area (Å²) in [6.45, 7) is 11.8. The highest BCUT2D eigenvalue weighted by Crippen LogP contribution is 2.39. The van der Waals surface area contributed by atoms with E-state index in [4.69, 9.17) is 4.74 Å². The fourth-order valence-electron chi connectivity index (χ4n) is 3.68. The van der Waals surface area contributed by atoms with E-state index in [2.05, 4.69) is 37.9 Å². The van der Waals surface area contributed by atoms with E-state index in [9.17, 15) is 4.79 Å². The van der Waals surface area contributed by atoms with Crippen LogP contribution in [0.4, 0.5) is 0 Å². The van der Waals surface area contributed by atoms with Gasteiger partial charge in [-0.2, -0.15) is 0 Å². The summed E-state index contributed by atoms with van der Waals surface area (Å²) in [5.41, 5.74) is -0.443. The lowest BCUT2D eigenvalue weighted by molar-refractivity contribution is -0.150. The Balaban J connectivity index is 2.75. The number of carbonyl (C=O) groups excluding carboxylic acids is 1. The topological polar surface area (TPSA) is 41.6 Å². The maximum atomic E-state index is 12.4. The first-order valence-corrected chi connectivity index (χ1v) is 8.59. The second-order valence-electron chi connectivity index (χ2n) is 6.49. The van der Waals surface area contributed by atoms with Crippen molar-refractivity contribution >= 4 is 5.97 Å². The van der Waals surface area contributed by atoms with E-state index in [-0.39, 0.29) is 5.97 Å². The molecular weight excluding hydrogens is 264 g/mol. The van der Waals surface area contributed by atoms with Crippen LogP contribution in [0.2, 0.25) is 0 Å². The van der Waals surface area contributed by atoms with Gasteiger partial charge in [-0.15, -0.1) is 0 Å². The van der Waals surface area contributed by atoms with Gasteiger partial charge < -0.3 is 15.0 Å². The highest BCUT2D eigenvalue weighted by atomic mass is 16.5. The van der Waals surface area contributed by atoms with Gasteiger partial charge in [-0.05, 0) is 65.1 Å². The van der Waals surface area contributed by atoms with Gasteiger partial charge in [-0.1, -0.05) is 20.3 Å². The predicted octanol–water partition coefficient (Wildman–Crippen LogP) is 2.82. The number of methoxy groups -OCH3 is 1. The molecule has 0 spiro atoms. The Morgan fingerprint density at radius 2 is 2.14 bits per heavy atom. The van der Waals surface area contributed by atoms with Crippen LogP contribution in [0.15, 0.2) is 0 Å². The molecule has 1 N–H and O–H groups in total. The molecule has 0 amide bonds. The van der Waals surface area contributed by atoms with Crippen molar-refractivity contribution in [2.45, 2.75) is 71.4 Å². The van der Waals surface area contributed by atoms with Gasteiger partial charge in [0, 0.05) is 6.04 Å². The molecule has 1 saturated carbocycles. The summed E-state index contributed by atoms with van der Waals surface area (Å²) >= 11 is 0. The van der Waals surface area contributed by atoms with Crippen molar-refractivity contribution in [1.82, 2.24) is 10.2 Å². The Bertz CT molecular complexity index is 320. The molecule has 2 atom stereocenters. The molecule has 1 fully saturated rings. The lowest BCUT2D eigenvalue weighted by atomic mass is 9.84. The van der Waals surface area contributed by atoms with Crippen molar-refractivity contribution in [1.29, 1.82) is 0 Å². The highest BCUT2D eigenvalue weighted by molar-refractivity contribution is 5.81. The predicted molar refractivity (Wildman–Crippen MR) is 87.4 cm³/mol. The van der Waals surface area contributed by atoms with Gasteiger partial charge in [0.05, 0.1) is 7.11 Å². The minimum absolute atomic E-state index is 0.0638. The average molecular weight is 298 g/mol. The first-order chi connectivity index (χ1) is 10.0. The molecule has 124 valence electrons. The van der Waals surface area contributed by atoms with E-state index in [0.29, 0.717) is 12.0 Å². The van der Waals surface area contributed by atoms with Crippen molar-refractivity contribution in [3.05, 3.63) is 0 Å². The molecule has 1 rings (SSSR count). The summed E-state index contributed by atoms with van der Waals surface area (Å²) in [5.74, 6) is 0.329. The zero-order valence-electron chi connectivity index (χ0n) is 14.6. The highest BCUT2D eigenvalue weighted by Gasteiger charge is 2.49.